The standard InChI is InChI=1S/C16H17NO/c1-3-4-13-5-7-14(8-6-13)16(18)15-9-10-17-12(2)11-15/h5-11H,3-4H2,1-2H3. The van der Waals surface area contributed by atoms with E-state index in [1.807, 2.05) is 37.3 Å². The summed E-state index contributed by atoms with van der Waals surface area (Å²) < 4.78 is 0. The highest BCUT2D eigenvalue weighted by Crippen LogP contribution is 2.12. The summed E-state index contributed by atoms with van der Waals surface area (Å²) in [4.78, 5) is 16.3. The Morgan fingerprint density at radius 1 is 1.11 bits per heavy atom. The highest BCUT2D eigenvalue weighted by Gasteiger charge is 2.08. The first-order valence-corrected chi connectivity index (χ1v) is 6.27. The van der Waals surface area contributed by atoms with Gasteiger partial charge in [0.15, 0.2) is 5.78 Å². The Morgan fingerprint density at radius 3 is 2.44 bits per heavy atom. The van der Waals surface area contributed by atoms with Gasteiger partial charge in [-0.15, -0.1) is 0 Å². The van der Waals surface area contributed by atoms with Crippen molar-refractivity contribution in [1.29, 1.82) is 0 Å². The van der Waals surface area contributed by atoms with E-state index in [0.29, 0.717) is 5.56 Å². The molecule has 0 aliphatic heterocycles. The summed E-state index contributed by atoms with van der Waals surface area (Å²) in [6.07, 6.45) is 3.85. The number of nitrogens with zero attached hydrogens (tertiary/aromatic N) is 1. The zero-order chi connectivity index (χ0) is 13.0. The largest absolute Gasteiger partial charge is 0.289 e. The van der Waals surface area contributed by atoms with Gasteiger partial charge in [-0.1, -0.05) is 37.6 Å². The fourth-order valence-electron chi connectivity index (χ4n) is 1.96. The molecule has 0 aliphatic carbocycles. The Balaban J connectivity index is 2.23. The summed E-state index contributed by atoms with van der Waals surface area (Å²) in [5.74, 6) is 0.0588. The average Bonchev–Trinajstić information content (AvgIpc) is 2.39. The van der Waals surface area contributed by atoms with Gasteiger partial charge in [0.2, 0.25) is 0 Å². The molecule has 0 saturated heterocycles. The monoisotopic (exact) mass is 239 g/mol. The van der Waals surface area contributed by atoms with Gasteiger partial charge in [-0.3, -0.25) is 9.78 Å². The molecule has 2 heteroatoms. The lowest BCUT2D eigenvalue weighted by Gasteiger charge is -2.03. The van der Waals surface area contributed by atoms with Gasteiger partial charge in [0.05, 0.1) is 0 Å². The molecule has 2 aromatic rings. The van der Waals surface area contributed by atoms with Crippen molar-refractivity contribution >= 4 is 5.78 Å². The molecule has 1 heterocycles. The molecule has 0 spiro atoms. The van der Waals surface area contributed by atoms with Crippen LogP contribution < -0.4 is 0 Å². The van der Waals surface area contributed by atoms with E-state index in [-0.39, 0.29) is 5.78 Å². The molecule has 2 rings (SSSR count). The third-order valence-corrected chi connectivity index (χ3v) is 2.91. The Labute approximate surface area is 108 Å². The second-order valence-corrected chi connectivity index (χ2v) is 4.46. The Bertz CT molecular complexity index is 543. The zero-order valence-electron chi connectivity index (χ0n) is 10.8. The van der Waals surface area contributed by atoms with Crippen LogP contribution in [0.5, 0.6) is 0 Å². The van der Waals surface area contributed by atoms with E-state index in [2.05, 4.69) is 11.9 Å². The molecule has 0 atom stereocenters. The van der Waals surface area contributed by atoms with Gasteiger partial charge in [0, 0.05) is 23.0 Å². The van der Waals surface area contributed by atoms with Gasteiger partial charge < -0.3 is 0 Å². The number of rotatable bonds is 4. The van der Waals surface area contributed by atoms with Crippen LogP contribution in [0.1, 0.15) is 40.5 Å². The first kappa shape index (κ1) is 12.5. The van der Waals surface area contributed by atoms with Crippen LogP contribution >= 0.6 is 0 Å². The summed E-state index contributed by atoms with van der Waals surface area (Å²) in [5, 5.41) is 0. The summed E-state index contributed by atoms with van der Waals surface area (Å²) in [6.45, 7) is 4.04. The number of pyridine rings is 1. The molecule has 0 N–H and O–H groups in total. The predicted molar refractivity (Wildman–Crippen MR) is 72.8 cm³/mol. The van der Waals surface area contributed by atoms with Gasteiger partial charge in [-0.2, -0.15) is 0 Å². The van der Waals surface area contributed by atoms with Gasteiger partial charge in [0.25, 0.3) is 0 Å². The summed E-state index contributed by atoms with van der Waals surface area (Å²) in [6, 6.07) is 11.5. The Kier molecular flexibility index (Phi) is 3.88. The van der Waals surface area contributed by atoms with Crippen molar-refractivity contribution in [3.05, 3.63) is 65.0 Å². The van der Waals surface area contributed by atoms with E-state index in [4.69, 9.17) is 0 Å². The van der Waals surface area contributed by atoms with Crippen molar-refractivity contribution in [2.24, 2.45) is 0 Å². The molecular weight excluding hydrogens is 222 g/mol. The van der Waals surface area contributed by atoms with Gasteiger partial charge in [-0.25, -0.2) is 0 Å². The summed E-state index contributed by atoms with van der Waals surface area (Å²) >= 11 is 0. The SMILES string of the molecule is CCCc1ccc(C(=O)c2ccnc(C)c2)cc1. The van der Waals surface area contributed by atoms with Crippen LogP contribution in [0.4, 0.5) is 0 Å². The number of benzene rings is 1. The van der Waals surface area contributed by atoms with Crippen molar-refractivity contribution in [3.8, 4) is 0 Å². The number of carbonyl (C=O) groups is 1. The van der Waals surface area contributed by atoms with Crippen LogP contribution in [0, 0.1) is 6.92 Å². The van der Waals surface area contributed by atoms with Crippen molar-refractivity contribution < 1.29 is 4.79 Å². The minimum atomic E-state index is 0.0588. The fraction of sp³-hybridized carbons (Fsp3) is 0.250. The molecule has 0 amide bonds. The molecule has 0 saturated carbocycles. The van der Waals surface area contributed by atoms with Crippen molar-refractivity contribution in [3.63, 3.8) is 0 Å². The first-order valence-electron chi connectivity index (χ1n) is 6.27. The number of ketones is 1. The molecule has 92 valence electrons. The minimum absolute atomic E-state index is 0.0588. The predicted octanol–water partition coefficient (Wildman–Crippen LogP) is 3.57. The topological polar surface area (TPSA) is 30.0 Å². The molecule has 2 nitrogen and oxygen atoms in total. The fourth-order valence-corrected chi connectivity index (χ4v) is 1.96. The van der Waals surface area contributed by atoms with Crippen molar-refractivity contribution in [2.75, 3.05) is 0 Å². The van der Waals surface area contributed by atoms with E-state index < -0.39 is 0 Å². The van der Waals surface area contributed by atoms with E-state index in [1.54, 1.807) is 12.3 Å². The van der Waals surface area contributed by atoms with Crippen LogP contribution in [0.3, 0.4) is 0 Å². The number of aromatic nitrogens is 1. The van der Waals surface area contributed by atoms with Crippen LogP contribution in [-0.4, -0.2) is 10.8 Å². The lowest BCUT2D eigenvalue weighted by Crippen LogP contribution is -2.02. The molecule has 0 bridgehead atoms. The van der Waals surface area contributed by atoms with E-state index >= 15 is 0 Å². The molecule has 1 aromatic heterocycles. The van der Waals surface area contributed by atoms with E-state index in [9.17, 15) is 4.79 Å². The molecule has 0 radical (unpaired) electrons. The van der Waals surface area contributed by atoms with E-state index in [1.165, 1.54) is 5.56 Å². The Hall–Kier alpha value is -1.96. The molecule has 0 fully saturated rings. The maximum Gasteiger partial charge on any atom is 0.193 e. The highest BCUT2D eigenvalue weighted by molar-refractivity contribution is 6.08. The first-order chi connectivity index (χ1) is 8.70. The molecule has 0 unspecified atom stereocenters. The summed E-state index contributed by atoms with van der Waals surface area (Å²) in [7, 11) is 0. The highest BCUT2D eigenvalue weighted by atomic mass is 16.1. The second kappa shape index (κ2) is 5.58. The lowest BCUT2D eigenvalue weighted by atomic mass is 10.0. The Morgan fingerprint density at radius 2 is 1.83 bits per heavy atom. The normalized spacial score (nSPS) is 10.3. The van der Waals surface area contributed by atoms with E-state index in [0.717, 1.165) is 24.1 Å². The smallest absolute Gasteiger partial charge is 0.193 e. The summed E-state index contributed by atoms with van der Waals surface area (Å²) in [5.41, 5.74) is 3.58. The molecular formula is C16H17NO. The number of hydrogen-bond acceptors (Lipinski definition) is 2. The molecule has 1 aromatic carbocycles. The lowest BCUT2D eigenvalue weighted by molar-refractivity contribution is 0.103. The molecule has 18 heavy (non-hydrogen) atoms. The second-order valence-electron chi connectivity index (χ2n) is 4.46. The maximum atomic E-state index is 12.2. The number of aryl methyl sites for hydroxylation is 2. The maximum absolute atomic E-state index is 12.2. The minimum Gasteiger partial charge on any atom is -0.289 e. The van der Waals surface area contributed by atoms with Crippen molar-refractivity contribution in [2.45, 2.75) is 26.7 Å². The third kappa shape index (κ3) is 2.83. The van der Waals surface area contributed by atoms with Gasteiger partial charge in [0.1, 0.15) is 0 Å². The van der Waals surface area contributed by atoms with Crippen molar-refractivity contribution in [1.82, 2.24) is 4.98 Å². The number of hydrogen-bond donors (Lipinski definition) is 0. The van der Waals surface area contributed by atoms with Gasteiger partial charge >= 0.3 is 0 Å². The quantitative estimate of drug-likeness (QED) is 0.763. The van der Waals surface area contributed by atoms with Crippen LogP contribution in [0.15, 0.2) is 42.6 Å². The number of carbonyl (C=O) groups excluding carboxylic acids is 1. The zero-order valence-corrected chi connectivity index (χ0v) is 10.8. The van der Waals surface area contributed by atoms with Crippen LogP contribution in [-0.2, 0) is 6.42 Å². The van der Waals surface area contributed by atoms with Crippen LogP contribution in [0.2, 0.25) is 0 Å². The van der Waals surface area contributed by atoms with Crippen LogP contribution in [0.25, 0.3) is 0 Å². The average molecular weight is 239 g/mol. The van der Waals surface area contributed by atoms with Gasteiger partial charge in [-0.05, 0) is 31.0 Å². The molecule has 0 aliphatic rings. The third-order valence-electron chi connectivity index (χ3n) is 2.91.